The van der Waals surface area contributed by atoms with Gasteiger partial charge in [0.05, 0.1) is 12.3 Å². The number of rotatable bonds is 4. The van der Waals surface area contributed by atoms with Crippen molar-refractivity contribution in [2.75, 3.05) is 32.5 Å². The Morgan fingerprint density at radius 2 is 2.33 bits per heavy atom. The molecule has 18 heavy (non-hydrogen) atoms. The number of likely N-dealkylation sites (tertiary alicyclic amines) is 1. The van der Waals surface area contributed by atoms with Gasteiger partial charge in [-0.3, -0.25) is 4.90 Å². The summed E-state index contributed by atoms with van der Waals surface area (Å²) in [7, 11) is 1.74. The van der Waals surface area contributed by atoms with Crippen LogP contribution in [0.3, 0.4) is 0 Å². The topological polar surface area (TPSA) is 38.5 Å². The third kappa shape index (κ3) is 3.21. The summed E-state index contributed by atoms with van der Waals surface area (Å²) >= 11 is 0. The Balaban J connectivity index is 1.98. The molecule has 1 atom stereocenters. The number of piperidine rings is 1. The minimum Gasteiger partial charge on any atom is -0.396 e. The lowest BCUT2D eigenvalue weighted by molar-refractivity contribution is 0.0874. The first-order chi connectivity index (χ1) is 8.70. The SMILES string of the molecule is COCC1CCCN(Cc2cccc(F)c2N)C1. The highest BCUT2D eigenvalue weighted by Gasteiger charge is 2.20. The molecule has 4 heteroatoms. The molecule has 0 amide bonds. The number of hydrogen-bond acceptors (Lipinski definition) is 3. The van der Waals surface area contributed by atoms with Crippen molar-refractivity contribution in [3.63, 3.8) is 0 Å². The number of anilines is 1. The van der Waals surface area contributed by atoms with Crippen molar-refractivity contribution in [1.82, 2.24) is 4.90 Å². The molecule has 0 radical (unpaired) electrons. The van der Waals surface area contributed by atoms with Gasteiger partial charge in [-0.2, -0.15) is 0 Å². The Hall–Kier alpha value is -1.13. The lowest BCUT2D eigenvalue weighted by atomic mass is 9.98. The minimum atomic E-state index is -0.321. The molecular formula is C14H21FN2O. The van der Waals surface area contributed by atoms with Crippen LogP contribution in [0.15, 0.2) is 18.2 Å². The molecule has 1 aromatic rings. The van der Waals surface area contributed by atoms with Gasteiger partial charge in [0.15, 0.2) is 0 Å². The number of methoxy groups -OCH3 is 1. The maximum atomic E-state index is 13.4. The molecule has 1 aromatic carbocycles. The summed E-state index contributed by atoms with van der Waals surface area (Å²) in [6.45, 7) is 3.58. The van der Waals surface area contributed by atoms with Crippen LogP contribution in [0.4, 0.5) is 10.1 Å². The first kappa shape index (κ1) is 13.3. The van der Waals surface area contributed by atoms with E-state index in [0.29, 0.717) is 5.92 Å². The van der Waals surface area contributed by atoms with Gasteiger partial charge in [0.25, 0.3) is 0 Å². The molecule has 1 aliphatic rings. The van der Waals surface area contributed by atoms with E-state index in [4.69, 9.17) is 10.5 Å². The smallest absolute Gasteiger partial charge is 0.146 e. The van der Waals surface area contributed by atoms with E-state index in [-0.39, 0.29) is 11.5 Å². The second-order valence-corrected chi connectivity index (χ2v) is 5.01. The van der Waals surface area contributed by atoms with E-state index in [2.05, 4.69) is 4.90 Å². The van der Waals surface area contributed by atoms with E-state index in [1.165, 1.54) is 18.9 Å². The van der Waals surface area contributed by atoms with Gasteiger partial charge < -0.3 is 10.5 Å². The fraction of sp³-hybridized carbons (Fsp3) is 0.571. The zero-order valence-corrected chi connectivity index (χ0v) is 10.9. The highest BCUT2D eigenvalue weighted by Crippen LogP contribution is 2.22. The molecule has 1 unspecified atom stereocenters. The summed E-state index contributed by atoms with van der Waals surface area (Å²) in [4.78, 5) is 2.33. The van der Waals surface area contributed by atoms with Crippen LogP contribution in [0.25, 0.3) is 0 Å². The fourth-order valence-electron chi connectivity index (χ4n) is 2.63. The van der Waals surface area contributed by atoms with E-state index >= 15 is 0 Å². The average molecular weight is 252 g/mol. The number of para-hydroxylation sites is 1. The van der Waals surface area contributed by atoms with Crippen LogP contribution in [-0.4, -0.2) is 31.7 Å². The molecule has 1 aliphatic heterocycles. The zero-order chi connectivity index (χ0) is 13.0. The molecular weight excluding hydrogens is 231 g/mol. The maximum Gasteiger partial charge on any atom is 0.146 e. The van der Waals surface area contributed by atoms with Crippen molar-refractivity contribution in [3.8, 4) is 0 Å². The standard InChI is InChI=1S/C14H21FN2O/c1-18-10-11-4-3-7-17(8-11)9-12-5-2-6-13(15)14(12)16/h2,5-6,11H,3-4,7-10,16H2,1H3. The first-order valence-corrected chi connectivity index (χ1v) is 6.45. The molecule has 3 nitrogen and oxygen atoms in total. The minimum absolute atomic E-state index is 0.284. The predicted octanol–water partition coefficient (Wildman–Crippen LogP) is 2.27. The van der Waals surface area contributed by atoms with Crippen LogP contribution in [0.5, 0.6) is 0 Å². The number of nitrogens with two attached hydrogens (primary N) is 1. The van der Waals surface area contributed by atoms with Crippen molar-refractivity contribution in [1.29, 1.82) is 0 Å². The fourth-order valence-corrected chi connectivity index (χ4v) is 2.63. The molecule has 0 saturated carbocycles. The highest BCUT2D eigenvalue weighted by molar-refractivity contribution is 5.47. The van der Waals surface area contributed by atoms with Crippen molar-refractivity contribution < 1.29 is 9.13 Å². The Kier molecular flexibility index (Phi) is 4.55. The van der Waals surface area contributed by atoms with Crippen LogP contribution in [-0.2, 0) is 11.3 Å². The molecule has 2 N–H and O–H groups in total. The number of halogens is 1. The molecule has 0 bridgehead atoms. The van der Waals surface area contributed by atoms with Gasteiger partial charge in [-0.15, -0.1) is 0 Å². The predicted molar refractivity (Wildman–Crippen MR) is 70.7 cm³/mol. The van der Waals surface area contributed by atoms with Crippen molar-refractivity contribution in [2.45, 2.75) is 19.4 Å². The Morgan fingerprint density at radius 1 is 1.50 bits per heavy atom. The number of hydrogen-bond donors (Lipinski definition) is 1. The molecule has 100 valence electrons. The molecule has 0 spiro atoms. The zero-order valence-electron chi connectivity index (χ0n) is 10.9. The molecule has 1 fully saturated rings. The van der Waals surface area contributed by atoms with Gasteiger partial charge in [-0.25, -0.2) is 4.39 Å². The molecule has 2 rings (SSSR count). The highest BCUT2D eigenvalue weighted by atomic mass is 19.1. The van der Waals surface area contributed by atoms with E-state index in [1.807, 2.05) is 6.07 Å². The molecule has 0 aliphatic carbocycles. The summed E-state index contributed by atoms with van der Waals surface area (Å²) in [6, 6.07) is 5.03. The van der Waals surface area contributed by atoms with Crippen LogP contribution < -0.4 is 5.73 Å². The van der Waals surface area contributed by atoms with Gasteiger partial charge in [-0.1, -0.05) is 12.1 Å². The third-order valence-electron chi connectivity index (χ3n) is 3.54. The average Bonchev–Trinajstić information content (AvgIpc) is 2.36. The lowest BCUT2D eigenvalue weighted by Crippen LogP contribution is -2.36. The Labute approximate surface area is 108 Å². The van der Waals surface area contributed by atoms with Crippen LogP contribution >= 0.6 is 0 Å². The molecule has 1 heterocycles. The van der Waals surface area contributed by atoms with Gasteiger partial charge in [0.2, 0.25) is 0 Å². The molecule has 0 aromatic heterocycles. The van der Waals surface area contributed by atoms with Crippen molar-refractivity contribution in [3.05, 3.63) is 29.6 Å². The maximum absolute atomic E-state index is 13.4. The van der Waals surface area contributed by atoms with Crippen LogP contribution in [0, 0.1) is 11.7 Å². The van der Waals surface area contributed by atoms with E-state index in [9.17, 15) is 4.39 Å². The van der Waals surface area contributed by atoms with E-state index in [0.717, 1.165) is 31.8 Å². The first-order valence-electron chi connectivity index (χ1n) is 6.45. The van der Waals surface area contributed by atoms with Gasteiger partial charge in [-0.05, 0) is 36.9 Å². The Bertz CT molecular complexity index is 395. The largest absolute Gasteiger partial charge is 0.396 e. The summed E-state index contributed by atoms with van der Waals surface area (Å²) in [5.74, 6) is 0.261. The monoisotopic (exact) mass is 252 g/mol. The van der Waals surface area contributed by atoms with Crippen LogP contribution in [0.2, 0.25) is 0 Å². The number of ether oxygens (including phenoxy) is 1. The number of nitrogen functional groups attached to an aromatic ring is 1. The van der Waals surface area contributed by atoms with Crippen molar-refractivity contribution >= 4 is 5.69 Å². The Morgan fingerprint density at radius 3 is 3.11 bits per heavy atom. The normalized spacial score (nSPS) is 21.1. The second kappa shape index (κ2) is 6.16. The van der Waals surface area contributed by atoms with Crippen molar-refractivity contribution in [2.24, 2.45) is 5.92 Å². The van der Waals surface area contributed by atoms with Gasteiger partial charge >= 0.3 is 0 Å². The molecule has 1 saturated heterocycles. The third-order valence-corrected chi connectivity index (χ3v) is 3.54. The summed E-state index contributed by atoms with van der Waals surface area (Å²) in [5, 5.41) is 0. The number of nitrogens with zero attached hydrogens (tertiary/aromatic N) is 1. The second-order valence-electron chi connectivity index (χ2n) is 5.01. The van der Waals surface area contributed by atoms with Crippen LogP contribution in [0.1, 0.15) is 18.4 Å². The summed E-state index contributed by atoms with van der Waals surface area (Å²) in [6.07, 6.45) is 2.38. The lowest BCUT2D eigenvalue weighted by Gasteiger charge is -2.32. The van der Waals surface area contributed by atoms with E-state index in [1.54, 1.807) is 13.2 Å². The van der Waals surface area contributed by atoms with Gasteiger partial charge in [0.1, 0.15) is 5.82 Å². The summed E-state index contributed by atoms with van der Waals surface area (Å²) < 4.78 is 18.6. The quantitative estimate of drug-likeness (QED) is 0.835. The van der Waals surface area contributed by atoms with Gasteiger partial charge in [0, 0.05) is 20.2 Å². The van der Waals surface area contributed by atoms with E-state index < -0.39 is 0 Å². The summed E-state index contributed by atoms with van der Waals surface area (Å²) in [5.41, 5.74) is 6.93. The number of benzene rings is 1.